The Balaban J connectivity index is 2.03. The van der Waals surface area contributed by atoms with Gasteiger partial charge in [-0.1, -0.05) is 12.8 Å². The van der Waals surface area contributed by atoms with Gasteiger partial charge in [-0.25, -0.2) is 4.79 Å². The van der Waals surface area contributed by atoms with Gasteiger partial charge < -0.3 is 15.6 Å². The number of benzene rings is 1. The number of carboxylic acid groups (broad SMARTS) is 1. The zero-order chi connectivity index (χ0) is 11.5. The van der Waals surface area contributed by atoms with E-state index >= 15 is 0 Å². The van der Waals surface area contributed by atoms with Crippen LogP contribution in [0, 0.1) is 5.92 Å². The normalized spacial score (nSPS) is 14.8. The van der Waals surface area contributed by atoms with Crippen LogP contribution in [0.3, 0.4) is 0 Å². The molecule has 0 radical (unpaired) electrons. The molecule has 4 heteroatoms. The second-order valence-electron chi connectivity index (χ2n) is 4.14. The number of nitrogens with two attached hydrogens (primary N) is 1. The maximum Gasteiger partial charge on any atom is 0.339 e. The van der Waals surface area contributed by atoms with Crippen molar-refractivity contribution in [1.29, 1.82) is 0 Å². The van der Waals surface area contributed by atoms with Crippen molar-refractivity contribution in [3.05, 3.63) is 23.8 Å². The molecule has 0 unspecified atom stereocenters. The highest BCUT2D eigenvalue weighted by atomic mass is 16.5. The fourth-order valence-electron chi connectivity index (χ4n) is 1.58. The minimum absolute atomic E-state index is 0.171. The van der Waals surface area contributed by atoms with Crippen LogP contribution in [0.5, 0.6) is 5.75 Å². The van der Waals surface area contributed by atoms with Gasteiger partial charge in [-0.3, -0.25) is 0 Å². The summed E-state index contributed by atoms with van der Waals surface area (Å²) in [6.07, 6.45) is 3.53. The molecule has 1 aliphatic carbocycles. The van der Waals surface area contributed by atoms with Crippen LogP contribution in [-0.4, -0.2) is 17.7 Å². The quantitative estimate of drug-likeness (QED) is 0.747. The summed E-state index contributed by atoms with van der Waals surface area (Å²) in [4.78, 5) is 10.9. The summed E-state index contributed by atoms with van der Waals surface area (Å²) >= 11 is 0. The molecule has 4 nitrogen and oxygen atoms in total. The first-order chi connectivity index (χ1) is 7.66. The molecule has 1 fully saturated rings. The number of nitrogen functional groups attached to an aromatic ring is 1. The molecule has 3 N–H and O–H groups in total. The van der Waals surface area contributed by atoms with Gasteiger partial charge in [-0.15, -0.1) is 0 Å². The average molecular weight is 221 g/mol. The van der Waals surface area contributed by atoms with Crippen molar-refractivity contribution in [2.45, 2.75) is 19.3 Å². The first kappa shape index (κ1) is 10.8. The molecule has 0 aliphatic heterocycles. The lowest BCUT2D eigenvalue weighted by Crippen LogP contribution is -2.05. The molecule has 0 aromatic heterocycles. The monoisotopic (exact) mass is 221 g/mol. The Morgan fingerprint density at radius 3 is 2.88 bits per heavy atom. The summed E-state index contributed by atoms with van der Waals surface area (Å²) in [7, 11) is 0. The van der Waals surface area contributed by atoms with E-state index in [0.717, 1.165) is 12.3 Å². The Hall–Kier alpha value is -1.71. The molecule has 0 spiro atoms. The number of aromatic carboxylic acids is 1. The lowest BCUT2D eigenvalue weighted by Gasteiger charge is -2.09. The number of hydrogen-bond acceptors (Lipinski definition) is 3. The van der Waals surface area contributed by atoms with E-state index in [1.807, 2.05) is 0 Å². The van der Waals surface area contributed by atoms with E-state index in [-0.39, 0.29) is 5.56 Å². The SMILES string of the molecule is Nc1ccc(C(=O)O)c(OCCC2CC2)c1. The van der Waals surface area contributed by atoms with Crippen LogP contribution in [0.25, 0.3) is 0 Å². The predicted molar refractivity (Wildman–Crippen MR) is 60.6 cm³/mol. The van der Waals surface area contributed by atoms with Crippen molar-refractivity contribution in [3.8, 4) is 5.75 Å². The third-order valence-electron chi connectivity index (χ3n) is 2.72. The summed E-state index contributed by atoms with van der Waals surface area (Å²) in [5, 5.41) is 8.96. The molecular weight excluding hydrogens is 206 g/mol. The summed E-state index contributed by atoms with van der Waals surface area (Å²) in [6.45, 7) is 0.564. The molecule has 0 amide bonds. The first-order valence-electron chi connectivity index (χ1n) is 5.42. The number of rotatable bonds is 5. The maximum atomic E-state index is 10.9. The Morgan fingerprint density at radius 2 is 2.25 bits per heavy atom. The fourth-order valence-corrected chi connectivity index (χ4v) is 1.58. The molecule has 1 aliphatic rings. The van der Waals surface area contributed by atoms with Crippen molar-refractivity contribution in [2.75, 3.05) is 12.3 Å². The number of ether oxygens (including phenoxy) is 1. The Morgan fingerprint density at radius 1 is 1.50 bits per heavy atom. The van der Waals surface area contributed by atoms with Crippen LogP contribution in [0.2, 0.25) is 0 Å². The van der Waals surface area contributed by atoms with Gasteiger partial charge in [0.15, 0.2) is 0 Å². The Bertz CT molecular complexity index is 399. The molecule has 1 saturated carbocycles. The van der Waals surface area contributed by atoms with E-state index in [4.69, 9.17) is 15.6 Å². The summed E-state index contributed by atoms with van der Waals surface area (Å²) < 4.78 is 5.47. The van der Waals surface area contributed by atoms with Crippen LogP contribution >= 0.6 is 0 Å². The lowest BCUT2D eigenvalue weighted by atomic mass is 10.2. The molecule has 0 atom stereocenters. The smallest absolute Gasteiger partial charge is 0.339 e. The molecule has 2 rings (SSSR count). The van der Waals surface area contributed by atoms with Crippen molar-refractivity contribution in [1.82, 2.24) is 0 Å². The molecule has 16 heavy (non-hydrogen) atoms. The molecule has 0 bridgehead atoms. The molecule has 0 heterocycles. The van der Waals surface area contributed by atoms with Crippen molar-refractivity contribution < 1.29 is 14.6 Å². The van der Waals surface area contributed by atoms with Gasteiger partial charge in [0.1, 0.15) is 11.3 Å². The first-order valence-corrected chi connectivity index (χ1v) is 5.42. The maximum absolute atomic E-state index is 10.9. The molecule has 0 saturated heterocycles. The summed E-state index contributed by atoms with van der Waals surface area (Å²) in [6, 6.07) is 4.61. The number of carbonyl (C=O) groups is 1. The summed E-state index contributed by atoms with van der Waals surface area (Å²) in [5.74, 6) is 0.156. The summed E-state index contributed by atoms with van der Waals surface area (Å²) in [5.41, 5.74) is 6.29. The zero-order valence-electron chi connectivity index (χ0n) is 8.98. The number of hydrogen-bond donors (Lipinski definition) is 2. The Kier molecular flexibility index (Phi) is 2.99. The van der Waals surface area contributed by atoms with Gasteiger partial charge in [0.2, 0.25) is 0 Å². The fraction of sp³-hybridized carbons (Fsp3) is 0.417. The number of anilines is 1. The topological polar surface area (TPSA) is 72.6 Å². The minimum atomic E-state index is -0.985. The van der Waals surface area contributed by atoms with E-state index in [1.54, 1.807) is 12.1 Å². The van der Waals surface area contributed by atoms with Gasteiger partial charge in [0.05, 0.1) is 6.61 Å². The largest absolute Gasteiger partial charge is 0.493 e. The molecular formula is C12H15NO3. The third-order valence-corrected chi connectivity index (χ3v) is 2.72. The standard InChI is InChI=1S/C12H15NO3/c13-9-3-4-10(12(14)15)11(7-9)16-6-5-8-1-2-8/h3-4,7-8H,1-2,5-6,13H2,(H,14,15). The van der Waals surface area contributed by atoms with E-state index in [2.05, 4.69) is 0 Å². The van der Waals surface area contributed by atoms with E-state index < -0.39 is 5.97 Å². The van der Waals surface area contributed by atoms with Crippen LogP contribution in [0.4, 0.5) is 5.69 Å². The second kappa shape index (κ2) is 4.43. The van der Waals surface area contributed by atoms with Gasteiger partial charge in [-0.05, 0) is 24.5 Å². The van der Waals surface area contributed by atoms with Crippen LogP contribution in [0.1, 0.15) is 29.6 Å². The van der Waals surface area contributed by atoms with Gasteiger partial charge in [-0.2, -0.15) is 0 Å². The highest BCUT2D eigenvalue weighted by Gasteiger charge is 2.21. The van der Waals surface area contributed by atoms with Crippen LogP contribution < -0.4 is 10.5 Å². The van der Waals surface area contributed by atoms with Gasteiger partial charge >= 0.3 is 5.97 Å². The number of carboxylic acids is 1. The highest BCUT2D eigenvalue weighted by Crippen LogP contribution is 2.32. The van der Waals surface area contributed by atoms with Crippen molar-refractivity contribution in [3.63, 3.8) is 0 Å². The lowest BCUT2D eigenvalue weighted by molar-refractivity contribution is 0.0692. The minimum Gasteiger partial charge on any atom is -0.493 e. The molecule has 86 valence electrons. The van der Waals surface area contributed by atoms with Crippen LogP contribution in [0.15, 0.2) is 18.2 Å². The molecule has 1 aromatic carbocycles. The predicted octanol–water partition coefficient (Wildman–Crippen LogP) is 2.15. The average Bonchev–Trinajstić information content (AvgIpc) is 3.01. The van der Waals surface area contributed by atoms with E-state index in [0.29, 0.717) is 18.0 Å². The van der Waals surface area contributed by atoms with Gasteiger partial charge in [0.25, 0.3) is 0 Å². The van der Waals surface area contributed by atoms with Crippen LogP contribution in [-0.2, 0) is 0 Å². The van der Waals surface area contributed by atoms with Crippen molar-refractivity contribution >= 4 is 11.7 Å². The van der Waals surface area contributed by atoms with E-state index in [9.17, 15) is 4.79 Å². The highest BCUT2D eigenvalue weighted by molar-refractivity contribution is 5.91. The van der Waals surface area contributed by atoms with Gasteiger partial charge in [0, 0.05) is 11.8 Å². The van der Waals surface area contributed by atoms with Crippen molar-refractivity contribution in [2.24, 2.45) is 5.92 Å². The Labute approximate surface area is 94.0 Å². The second-order valence-corrected chi connectivity index (χ2v) is 4.14. The van der Waals surface area contributed by atoms with E-state index in [1.165, 1.54) is 18.9 Å². The molecule has 1 aromatic rings. The third kappa shape index (κ3) is 2.66. The zero-order valence-corrected chi connectivity index (χ0v) is 8.98.